The summed E-state index contributed by atoms with van der Waals surface area (Å²) in [5, 5.41) is 4.44. The van der Waals surface area contributed by atoms with Gasteiger partial charge in [-0.3, -0.25) is 4.57 Å². The molecule has 0 spiro atoms. The molecule has 4 nitrogen and oxygen atoms in total. The largest absolute Gasteiger partial charge is 0.437 e. The van der Waals surface area contributed by atoms with E-state index in [0.29, 0.717) is 5.71 Å². The summed E-state index contributed by atoms with van der Waals surface area (Å²) in [6.45, 7) is 1.98. The Morgan fingerprint density at radius 1 is 0.667 bits per heavy atom. The average molecular weight is 425 g/mol. The molecule has 7 aromatic rings. The molecular formula is C29H19N3O. The van der Waals surface area contributed by atoms with Gasteiger partial charge >= 0.3 is 0 Å². The van der Waals surface area contributed by atoms with Gasteiger partial charge in [0.05, 0.1) is 22.3 Å². The van der Waals surface area contributed by atoms with E-state index in [9.17, 15) is 0 Å². The smallest absolute Gasteiger partial charge is 0.227 e. The zero-order valence-corrected chi connectivity index (χ0v) is 18.0. The summed E-state index contributed by atoms with van der Waals surface area (Å²) in [7, 11) is 0. The van der Waals surface area contributed by atoms with Gasteiger partial charge in [-0.15, -0.1) is 0 Å². The molecule has 3 heterocycles. The lowest BCUT2D eigenvalue weighted by atomic mass is 10.1. The number of aryl methyl sites for hydroxylation is 1. The number of aromatic nitrogens is 3. The molecule has 0 N–H and O–H groups in total. The van der Waals surface area contributed by atoms with Gasteiger partial charge in [0.2, 0.25) is 5.71 Å². The van der Waals surface area contributed by atoms with Crippen LogP contribution in [0.1, 0.15) is 5.69 Å². The number of imidazole rings is 1. The maximum atomic E-state index is 6.33. The van der Waals surface area contributed by atoms with Crippen molar-refractivity contribution in [3.8, 4) is 17.1 Å². The van der Waals surface area contributed by atoms with Crippen LogP contribution < -0.4 is 0 Å². The minimum atomic E-state index is 0.658. The molecule has 0 bridgehead atoms. The van der Waals surface area contributed by atoms with Crippen molar-refractivity contribution in [2.45, 2.75) is 6.92 Å². The van der Waals surface area contributed by atoms with E-state index in [1.54, 1.807) is 0 Å². The maximum absolute atomic E-state index is 6.33. The first-order valence-electron chi connectivity index (χ1n) is 11.0. The highest BCUT2D eigenvalue weighted by Crippen LogP contribution is 2.38. The van der Waals surface area contributed by atoms with E-state index in [2.05, 4.69) is 94.5 Å². The molecular weight excluding hydrogens is 406 g/mol. The lowest BCUT2D eigenvalue weighted by Crippen LogP contribution is -1.99. The number of nitrogens with zero attached hydrogens (tertiary/aromatic N) is 3. The van der Waals surface area contributed by atoms with Crippen molar-refractivity contribution in [3.63, 3.8) is 0 Å². The molecule has 0 unspecified atom stereocenters. The van der Waals surface area contributed by atoms with Gasteiger partial charge in [-0.1, -0.05) is 60.7 Å². The Morgan fingerprint density at radius 3 is 2.42 bits per heavy atom. The summed E-state index contributed by atoms with van der Waals surface area (Å²) in [4.78, 5) is 9.70. The Morgan fingerprint density at radius 2 is 1.45 bits per heavy atom. The van der Waals surface area contributed by atoms with E-state index in [4.69, 9.17) is 9.40 Å². The van der Waals surface area contributed by atoms with Crippen molar-refractivity contribution in [1.82, 2.24) is 14.5 Å². The van der Waals surface area contributed by atoms with Gasteiger partial charge in [-0.2, -0.15) is 0 Å². The highest BCUT2D eigenvalue weighted by atomic mass is 16.3. The molecule has 4 aromatic carbocycles. The molecule has 3 aromatic heterocycles. The van der Waals surface area contributed by atoms with E-state index in [1.807, 2.05) is 19.1 Å². The summed E-state index contributed by atoms with van der Waals surface area (Å²) in [6.07, 6.45) is 0. The number of rotatable bonds is 2. The van der Waals surface area contributed by atoms with Crippen molar-refractivity contribution in [2.75, 3.05) is 0 Å². The van der Waals surface area contributed by atoms with Crippen LogP contribution in [0, 0.1) is 6.92 Å². The van der Waals surface area contributed by atoms with Gasteiger partial charge < -0.3 is 4.42 Å². The van der Waals surface area contributed by atoms with Crippen LogP contribution in [-0.4, -0.2) is 14.5 Å². The topological polar surface area (TPSA) is 43.9 Å². The van der Waals surface area contributed by atoms with Gasteiger partial charge in [-0.25, -0.2) is 9.97 Å². The highest BCUT2D eigenvalue weighted by Gasteiger charge is 2.20. The molecule has 0 saturated carbocycles. The summed E-state index contributed by atoms with van der Waals surface area (Å²) in [5.41, 5.74) is 6.46. The zero-order valence-electron chi connectivity index (χ0n) is 18.0. The van der Waals surface area contributed by atoms with Crippen LogP contribution >= 0.6 is 0 Å². The number of fused-ring (bicyclic) bond motifs is 5. The molecule has 0 fully saturated rings. The minimum absolute atomic E-state index is 0.658. The van der Waals surface area contributed by atoms with Crippen LogP contribution in [0.15, 0.2) is 101 Å². The molecule has 0 amide bonds. The molecule has 7 rings (SSSR count). The third kappa shape index (κ3) is 2.64. The van der Waals surface area contributed by atoms with Crippen LogP contribution in [0.2, 0.25) is 0 Å². The van der Waals surface area contributed by atoms with Crippen LogP contribution in [-0.2, 0) is 0 Å². The molecule has 0 atom stereocenters. The van der Waals surface area contributed by atoms with Gasteiger partial charge in [-0.05, 0) is 48.7 Å². The van der Waals surface area contributed by atoms with Crippen molar-refractivity contribution >= 4 is 43.9 Å². The van der Waals surface area contributed by atoms with E-state index in [0.717, 1.165) is 50.2 Å². The Bertz CT molecular complexity index is 1840. The maximum Gasteiger partial charge on any atom is 0.227 e. The summed E-state index contributed by atoms with van der Waals surface area (Å²) >= 11 is 0. The number of furan rings is 1. The first kappa shape index (κ1) is 18.2. The van der Waals surface area contributed by atoms with E-state index >= 15 is 0 Å². The lowest BCUT2D eigenvalue weighted by molar-refractivity contribution is 0.653. The number of pyridine rings is 1. The Labute approximate surface area is 189 Å². The lowest BCUT2D eigenvalue weighted by Gasteiger charge is -2.13. The van der Waals surface area contributed by atoms with Crippen LogP contribution in [0.3, 0.4) is 0 Å². The minimum Gasteiger partial charge on any atom is -0.437 e. The Kier molecular flexibility index (Phi) is 3.73. The Balaban J connectivity index is 1.62. The quantitative estimate of drug-likeness (QED) is 0.289. The molecule has 156 valence electrons. The fourth-order valence-electron chi connectivity index (χ4n) is 4.80. The van der Waals surface area contributed by atoms with Crippen molar-refractivity contribution in [1.29, 1.82) is 0 Å². The summed E-state index contributed by atoms with van der Waals surface area (Å²) < 4.78 is 8.58. The van der Waals surface area contributed by atoms with E-state index in [1.165, 1.54) is 10.8 Å². The second-order valence-corrected chi connectivity index (χ2v) is 8.35. The van der Waals surface area contributed by atoms with Crippen LogP contribution in [0.4, 0.5) is 0 Å². The van der Waals surface area contributed by atoms with Gasteiger partial charge in [0, 0.05) is 21.9 Å². The fourth-order valence-corrected chi connectivity index (χ4v) is 4.80. The van der Waals surface area contributed by atoms with Gasteiger partial charge in [0.1, 0.15) is 11.4 Å². The molecule has 0 aliphatic rings. The second-order valence-electron chi connectivity index (χ2n) is 8.35. The van der Waals surface area contributed by atoms with Crippen molar-refractivity contribution in [3.05, 3.63) is 103 Å². The fraction of sp³-hybridized carbons (Fsp3) is 0.0345. The second kappa shape index (κ2) is 6.78. The number of hydrogen-bond acceptors (Lipinski definition) is 3. The standard InChI is InChI=1S/C29H19N3O/c1-18-16-17-22-21-11-7-12-23(27(21)33-29(22)30-18)28-31-24-13-4-5-14-26(24)32(28)25-15-6-9-19-8-2-3-10-20(19)25/h2-17H,1H3. The van der Waals surface area contributed by atoms with Crippen LogP contribution in [0.5, 0.6) is 0 Å². The first-order valence-corrected chi connectivity index (χ1v) is 11.0. The van der Waals surface area contributed by atoms with Gasteiger partial charge in [0.15, 0.2) is 0 Å². The highest BCUT2D eigenvalue weighted by molar-refractivity contribution is 6.08. The number of benzene rings is 4. The zero-order chi connectivity index (χ0) is 21.9. The number of hydrogen-bond donors (Lipinski definition) is 0. The first-order chi connectivity index (χ1) is 16.3. The third-order valence-electron chi connectivity index (χ3n) is 6.31. The monoisotopic (exact) mass is 425 g/mol. The van der Waals surface area contributed by atoms with Gasteiger partial charge in [0.25, 0.3) is 0 Å². The summed E-state index contributed by atoms with van der Waals surface area (Å²) in [6, 6.07) is 33.5. The predicted octanol–water partition coefficient (Wildman–Crippen LogP) is 7.45. The number of para-hydroxylation sites is 3. The predicted molar refractivity (Wildman–Crippen MR) is 134 cm³/mol. The molecule has 33 heavy (non-hydrogen) atoms. The van der Waals surface area contributed by atoms with Crippen LogP contribution in [0.25, 0.3) is 61.0 Å². The van der Waals surface area contributed by atoms with Crippen molar-refractivity contribution in [2.24, 2.45) is 0 Å². The SMILES string of the molecule is Cc1ccc2c(n1)oc1c(-c3nc4ccccc4n3-c3cccc4ccccc34)cccc12. The third-order valence-corrected chi connectivity index (χ3v) is 6.31. The summed E-state index contributed by atoms with van der Waals surface area (Å²) in [5.74, 6) is 0.855. The molecule has 0 aliphatic carbocycles. The van der Waals surface area contributed by atoms with E-state index in [-0.39, 0.29) is 0 Å². The molecule has 4 heteroatoms. The normalized spacial score (nSPS) is 11.8. The average Bonchev–Trinajstić information content (AvgIpc) is 3.41. The molecule has 0 aliphatic heterocycles. The molecule has 0 radical (unpaired) electrons. The molecule has 0 saturated heterocycles. The van der Waals surface area contributed by atoms with E-state index < -0.39 is 0 Å². The van der Waals surface area contributed by atoms with Crippen molar-refractivity contribution < 1.29 is 4.42 Å². The Hall–Kier alpha value is -4.44.